The van der Waals surface area contributed by atoms with Crippen molar-refractivity contribution in [2.75, 3.05) is 6.54 Å². The molecule has 19 heavy (non-hydrogen) atoms. The molecule has 0 N–H and O–H groups in total. The summed E-state index contributed by atoms with van der Waals surface area (Å²) in [5, 5.41) is 0. The Balaban J connectivity index is 2.20. The van der Waals surface area contributed by atoms with Crippen LogP contribution in [0.3, 0.4) is 0 Å². The lowest BCUT2D eigenvalue weighted by Crippen LogP contribution is -2.43. The molecular weight excluding hydrogens is 264 g/mol. The van der Waals surface area contributed by atoms with E-state index in [4.69, 9.17) is 0 Å². The maximum Gasteiger partial charge on any atom is 0.236 e. The highest BCUT2D eigenvalue weighted by Crippen LogP contribution is 2.23. The number of hydrogen-bond acceptors (Lipinski definition) is 4. The van der Waals surface area contributed by atoms with Crippen molar-refractivity contribution in [2.45, 2.75) is 31.2 Å². The average Bonchev–Trinajstić information content (AvgIpc) is 2.40. The van der Waals surface area contributed by atoms with E-state index in [1.54, 1.807) is 12.1 Å². The first-order valence-corrected chi connectivity index (χ1v) is 7.85. The van der Waals surface area contributed by atoms with E-state index in [2.05, 4.69) is 4.99 Å². The molecule has 0 spiro atoms. The van der Waals surface area contributed by atoms with Gasteiger partial charge in [-0.25, -0.2) is 13.2 Å². The van der Waals surface area contributed by atoms with Gasteiger partial charge >= 0.3 is 0 Å². The van der Waals surface area contributed by atoms with Gasteiger partial charge in [0.15, 0.2) is 0 Å². The van der Waals surface area contributed by atoms with Gasteiger partial charge in [-0.05, 0) is 24.8 Å². The minimum Gasteiger partial charge on any atom is -0.212 e. The first-order valence-electron chi connectivity index (χ1n) is 6.24. The van der Waals surface area contributed by atoms with Crippen molar-refractivity contribution in [1.29, 1.82) is 0 Å². The number of rotatable bonds is 4. The fourth-order valence-corrected chi connectivity index (χ4v) is 3.98. The topological polar surface area (TPSA) is 66.8 Å². The second-order valence-electron chi connectivity index (χ2n) is 4.55. The SMILES string of the molecule is O=C=NC1CCCCN1S(=O)(=O)Cc1ccccc1. The van der Waals surface area contributed by atoms with E-state index in [9.17, 15) is 13.2 Å². The van der Waals surface area contributed by atoms with E-state index >= 15 is 0 Å². The third kappa shape index (κ3) is 3.50. The summed E-state index contributed by atoms with van der Waals surface area (Å²) < 4.78 is 26.1. The Labute approximate surface area is 113 Å². The van der Waals surface area contributed by atoms with Crippen LogP contribution in [0.2, 0.25) is 0 Å². The van der Waals surface area contributed by atoms with Crippen LogP contribution in [0, 0.1) is 0 Å². The average molecular weight is 280 g/mol. The maximum absolute atomic E-state index is 12.4. The van der Waals surface area contributed by atoms with Crippen molar-refractivity contribution >= 4 is 16.1 Å². The van der Waals surface area contributed by atoms with Gasteiger partial charge in [0, 0.05) is 6.54 Å². The molecule has 1 unspecified atom stereocenters. The number of benzene rings is 1. The standard InChI is InChI=1S/C13H16N2O3S/c16-11-14-13-8-4-5-9-15(13)19(17,18)10-12-6-2-1-3-7-12/h1-3,6-7,13H,4-5,8-10H2. The molecule has 1 aliphatic rings. The Hall–Kier alpha value is -1.49. The van der Waals surface area contributed by atoms with Crippen LogP contribution >= 0.6 is 0 Å². The van der Waals surface area contributed by atoms with Crippen LogP contribution in [0.15, 0.2) is 35.3 Å². The molecule has 0 saturated carbocycles. The third-order valence-electron chi connectivity index (χ3n) is 3.17. The van der Waals surface area contributed by atoms with Crippen LogP contribution in [0.5, 0.6) is 0 Å². The summed E-state index contributed by atoms with van der Waals surface area (Å²) in [4.78, 5) is 14.0. The van der Waals surface area contributed by atoms with E-state index in [-0.39, 0.29) is 5.75 Å². The fourth-order valence-electron chi connectivity index (χ4n) is 2.27. The van der Waals surface area contributed by atoms with Gasteiger partial charge in [-0.15, -0.1) is 0 Å². The van der Waals surface area contributed by atoms with Crippen molar-refractivity contribution in [3.8, 4) is 0 Å². The molecule has 0 aromatic heterocycles. The maximum atomic E-state index is 12.4. The summed E-state index contributed by atoms with van der Waals surface area (Å²) in [6.07, 6.45) is 3.16. The molecule has 0 amide bonds. The van der Waals surface area contributed by atoms with E-state index in [1.807, 2.05) is 18.2 Å². The number of hydrogen-bond donors (Lipinski definition) is 0. The molecule has 1 aromatic rings. The molecule has 6 heteroatoms. The van der Waals surface area contributed by atoms with Crippen LogP contribution in [0.25, 0.3) is 0 Å². The van der Waals surface area contributed by atoms with Gasteiger partial charge in [0.05, 0.1) is 5.75 Å². The number of nitrogens with zero attached hydrogens (tertiary/aromatic N) is 2. The quantitative estimate of drug-likeness (QED) is 0.622. The molecule has 1 aliphatic heterocycles. The van der Waals surface area contributed by atoms with Crippen molar-refractivity contribution in [2.24, 2.45) is 4.99 Å². The highest BCUT2D eigenvalue weighted by atomic mass is 32.2. The number of isocyanates is 1. The smallest absolute Gasteiger partial charge is 0.212 e. The second kappa shape index (κ2) is 6.10. The summed E-state index contributed by atoms with van der Waals surface area (Å²) in [5.74, 6) is -0.0568. The normalized spacial score (nSPS) is 20.7. The minimum atomic E-state index is -3.45. The number of carbonyl (C=O) groups excluding carboxylic acids is 1. The zero-order chi connectivity index (χ0) is 13.7. The van der Waals surface area contributed by atoms with Gasteiger partial charge in [0.1, 0.15) is 6.17 Å². The van der Waals surface area contributed by atoms with Crippen molar-refractivity contribution < 1.29 is 13.2 Å². The van der Waals surface area contributed by atoms with Gasteiger partial charge in [0.2, 0.25) is 16.1 Å². The molecule has 1 atom stereocenters. The fraction of sp³-hybridized carbons (Fsp3) is 0.462. The Morgan fingerprint density at radius 2 is 2.00 bits per heavy atom. The largest absolute Gasteiger partial charge is 0.236 e. The molecule has 0 aliphatic carbocycles. The number of piperidine rings is 1. The Kier molecular flexibility index (Phi) is 4.47. The zero-order valence-corrected chi connectivity index (χ0v) is 11.3. The molecule has 1 heterocycles. The van der Waals surface area contributed by atoms with Crippen molar-refractivity contribution in [3.05, 3.63) is 35.9 Å². The molecule has 0 bridgehead atoms. The first kappa shape index (κ1) is 13.9. The lowest BCUT2D eigenvalue weighted by molar-refractivity contribution is 0.259. The summed E-state index contributed by atoms with van der Waals surface area (Å²) in [6.45, 7) is 0.422. The van der Waals surface area contributed by atoms with E-state index in [0.717, 1.165) is 18.4 Å². The van der Waals surface area contributed by atoms with E-state index < -0.39 is 16.2 Å². The first-order chi connectivity index (χ1) is 9.13. The lowest BCUT2D eigenvalue weighted by atomic mass is 10.1. The number of sulfonamides is 1. The van der Waals surface area contributed by atoms with Crippen LogP contribution < -0.4 is 0 Å². The second-order valence-corrected chi connectivity index (χ2v) is 6.47. The highest BCUT2D eigenvalue weighted by molar-refractivity contribution is 7.88. The van der Waals surface area contributed by atoms with Crippen LogP contribution in [0.4, 0.5) is 0 Å². The molecule has 5 nitrogen and oxygen atoms in total. The molecule has 1 fully saturated rings. The summed E-state index contributed by atoms with van der Waals surface area (Å²) in [6, 6.07) is 9.01. The van der Waals surface area contributed by atoms with Gasteiger partial charge < -0.3 is 0 Å². The van der Waals surface area contributed by atoms with Crippen LogP contribution in [-0.4, -0.2) is 31.5 Å². The predicted octanol–water partition coefficient (Wildman–Crippen LogP) is 1.66. The van der Waals surface area contributed by atoms with Gasteiger partial charge in [-0.1, -0.05) is 30.3 Å². The van der Waals surface area contributed by atoms with Crippen molar-refractivity contribution in [1.82, 2.24) is 4.31 Å². The molecule has 0 radical (unpaired) electrons. The highest BCUT2D eigenvalue weighted by Gasteiger charge is 2.32. The van der Waals surface area contributed by atoms with Gasteiger partial charge in [-0.2, -0.15) is 9.30 Å². The molecular formula is C13H16N2O3S. The van der Waals surface area contributed by atoms with Crippen molar-refractivity contribution in [3.63, 3.8) is 0 Å². The van der Waals surface area contributed by atoms with E-state index in [1.165, 1.54) is 10.4 Å². The van der Waals surface area contributed by atoms with Crippen LogP contribution in [-0.2, 0) is 20.6 Å². The Morgan fingerprint density at radius 1 is 1.26 bits per heavy atom. The van der Waals surface area contributed by atoms with Gasteiger partial charge in [-0.3, -0.25) is 0 Å². The summed E-state index contributed by atoms with van der Waals surface area (Å²) in [7, 11) is -3.45. The molecule has 102 valence electrons. The number of aliphatic imine (C=N–C) groups is 1. The van der Waals surface area contributed by atoms with Crippen LogP contribution in [0.1, 0.15) is 24.8 Å². The predicted molar refractivity (Wildman–Crippen MR) is 71.5 cm³/mol. The van der Waals surface area contributed by atoms with E-state index in [0.29, 0.717) is 13.0 Å². The third-order valence-corrected chi connectivity index (χ3v) is 5.01. The molecule has 1 saturated heterocycles. The Morgan fingerprint density at radius 3 is 2.68 bits per heavy atom. The molecule has 1 aromatic carbocycles. The summed E-state index contributed by atoms with van der Waals surface area (Å²) in [5.41, 5.74) is 0.738. The minimum absolute atomic E-state index is 0.0568. The summed E-state index contributed by atoms with van der Waals surface area (Å²) >= 11 is 0. The molecule has 2 rings (SSSR count). The lowest BCUT2D eigenvalue weighted by Gasteiger charge is -2.31. The Bertz CT molecular complexity index is 565. The van der Waals surface area contributed by atoms with Gasteiger partial charge in [0.25, 0.3) is 0 Å². The monoisotopic (exact) mass is 280 g/mol. The zero-order valence-electron chi connectivity index (χ0n) is 10.5.